The summed E-state index contributed by atoms with van der Waals surface area (Å²) in [5.74, 6) is 0.480. The third-order valence-corrected chi connectivity index (χ3v) is 5.06. The van der Waals surface area contributed by atoms with E-state index in [1.165, 1.54) is 24.0 Å². The topological polar surface area (TPSA) is 59.6 Å². The quantitative estimate of drug-likeness (QED) is 0.567. The molecule has 0 saturated heterocycles. The molecule has 0 aliphatic rings. The number of thiocarbonyl (C=S) groups is 1. The predicted molar refractivity (Wildman–Crippen MR) is 106 cm³/mol. The van der Waals surface area contributed by atoms with Gasteiger partial charge in [-0.15, -0.1) is 11.3 Å². The Balaban J connectivity index is 1.89. The zero-order chi connectivity index (χ0) is 18.2. The number of ether oxygens (including phenoxy) is 2. The predicted octanol–water partition coefficient (Wildman–Crippen LogP) is 3.63. The molecule has 1 heterocycles. The third-order valence-electron chi connectivity index (χ3n) is 3.62. The first-order chi connectivity index (χ1) is 12.1. The number of benzene rings is 1. The number of rotatable bonds is 7. The second-order valence-electron chi connectivity index (χ2n) is 5.28. The zero-order valence-electron chi connectivity index (χ0n) is 14.5. The van der Waals surface area contributed by atoms with Crippen molar-refractivity contribution < 1.29 is 14.3 Å². The highest BCUT2D eigenvalue weighted by atomic mass is 32.1. The van der Waals surface area contributed by atoms with Gasteiger partial charge in [-0.25, -0.2) is 4.79 Å². The van der Waals surface area contributed by atoms with Gasteiger partial charge >= 0.3 is 5.97 Å². The largest absolute Gasteiger partial charge is 0.497 e. The number of anilines is 1. The summed E-state index contributed by atoms with van der Waals surface area (Å²) in [4.78, 5) is 13.0. The summed E-state index contributed by atoms with van der Waals surface area (Å²) in [5, 5.41) is 7.47. The molecule has 0 atom stereocenters. The first-order valence-corrected chi connectivity index (χ1v) is 9.18. The third kappa shape index (κ3) is 5.44. The van der Waals surface area contributed by atoms with E-state index in [0.717, 1.165) is 23.5 Å². The molecule has 0 radical (unpaired) electrons. The molecule has 2 aromatic rings. The molecule has 0 aliphatic heterocycles. The minimum Gasteiger partial charge on any atom is -0.497 e. The van der Waals surface area contributed by atoms with Crippen LogP contribution in [0.1, 0.15) is 27.7 Å². The van der Waals surface area contributed by atoms with E-state index in [-0.39, 0.29) is 5.97 Å². The van der Waals surface area contributed by atoms with E-state index in [1.807, 2.05) is 37.3 Å². The van der Waals surface area contributed by atoms with Crippen LogP contribution >= 0.6 is 23.6 Å². The van der Waals surface area contributed by atoms with Gasteiger partial charge < -0.3 is 20.1 Å². The molecule has 0 bridgehead atoms. The average Bonchev–Trinajstić information content (AvgIpc) is 3.04. The summed E-state index contributed by atoms with van der Waals surface area (Å²) < 4.78 is 9.97. The molecule has 2 N–H and O–H groups in total. The van der Waals surface area contributed by atoms with Crippen LogP contribution in [0.3, 0.4) is 0 Å². The molecule has 1 aromatic carbocycles. The Labute approximate surface area is 157 Å². The van der Waals surface area contributed by atoms with Crippen molar-refractivity contribution in [2.24, 2.45) is 0 Å². The molecule has 7 heteroatoms. The first kappa shape index (κ1) is 19.2. The lowest BCUT2D eigenvalue weighted by Crippen LogP contribution is -2.30. The summed E-state index contributed by atoms with van der Waals surface area (Å²) >= 11 is 6.84. The monoisotopic (exact) mass is 378 g/mol. The number of esters is 1. The lowest BCUT2D eigenvalue weighted by atomic mass is 10.1. The summed E-state index contributed by atoms with van der Waals surface area (Å²) in [6.07, 6.45) is 1.69. The van der Waals surface area contributed by atoms with Crippen molar-refractivity contribution in [1.29, 1.82) is 0 Å². The van der Waals surface area contributed by atoms with E-state index >= 15 is 0 Å². The van der Waals surface area contributed by atoms with Crippen LogP contribution in [-0.2, 0) is 17.6 Å². The number of carbonyl (C=O) groups is 1. The van der Waals surface area contributed by atoms with Gasteiger partial charge in [0.1, 0.15) is 10.8 Å². The van der Waals surface area contributed by atoms with Crippen LogP contribution in [0.15, 0.2) is 30.3 Å². The minimum atomic E-state index is -0.362. The molecule has 0 unspecified atom stereocenters. The molecular weight excluding hydrogens is 356 g/mol. The summed E-state index contributed by atoms with van der Waals surface area (Å²) in [6.45, 7) is 2.74. The van der Waals surface area contributed by atoms with Crippen molar-refractivity contribution in [3.63, 3.8) is 0 Å². The maximum Gasteiger partial charge on any atom is 0.340 e. The van der Waals surface area contributed by atoms with Crippen molar-refractivity contribution in [1.82, 2.24) is 5.32 Å². The Bertz CT molecular complexity index is 726. The summed E-state index contributed by atoms with van der Waals surface area (Å²) in [6, 6.07) is 9.77. The highest BCUT2D eigenvalue weighted by Gasteiger charge is 2.16. The number of thiophene rings is 1. The highest BCUT2D eigenvalue weighted by molar-refractivity contribution is 7.80. The SMILES string of the molecule is CCc1cc(C(=O)OC)c(NC(=S)NCCc2ccc(OC)cc2)s1. The lowest BCUT2D eigenvalue weighted by molar-refractivity contribution is 0.0602. The molecule has 0 saturated carbocycles. The van der Waals surface area contributed by atoms with Gasteiger partial charge in [0.2, 0.25) is 0 Å². The molecule has 0 fully saturated rings. The van der Waals surface area contributed by atoms with E-state index in [9.17, 15) is 4.79 Å². The van der Waals surface area contributed by atoms with Gasteiger partial charge in [0, 0.05) is 11.4 Å². The van der Waals surface area contributed by atoms with Crippen molar-refractivity contribution in [2.75, 3.05) is 26.1 Å². The van der Waals surface area contributed by atoms with Crippen LogP contribution in [0.2, 0.25) is 0 Å². The maximum atomic E-state index is 11.9. The van der Waals surface area contributed by atoms with Gasteiger partial charge in [-0.3, -0.25) is 0 Å². The van der Waals surface area contributed by atoms with Crippen LogP contribution in [0.25, 0.3) is 0 Å². The Morgan fingerprint density at radius 2 is 1.96 bits per heavy atom. The van der Waals surface area contributed by atoms with Gasteiger partial charge in [-0.1, -0.05) is 19.1 Å². The van der Waals surface area contributed by atoms with Gasteiger partial charge in [-0.2, -0.15) is 0 Å². The number of aryl methyl sites for hydroxylation is 1. The smallest absolute Gasteiger partial charge is 0.340 e. The molecule has 0 spiro atoms. The fourth-order valence-electron chi connectivity index (χ4n) is 2.23. The van der Waals surface area contributed by atoms with Crippen molar-refractivity contribution >= 4 is 39.6 Å². The average molecular weight is 379 g/mol. The van der Waals surface area contributed by atoms with Gasteiger partial charge in [-0.05, 0) is 48.8 Å². The van der Waals surface area contributed by atoms with E-state index in [2.05, 4.69) is 10.6 Å². The first-order valence-electron chi connectivity index (χ1n) is 7.96. The number of hydrogen-bond donors (Lipinski definition) is 2. The van der Waals surface area contributed by atoms with Gasteiger partial charge in [0.25, 0.3) is 0 Å². The fourth-order valence-corrected chi connectivity index (χ4v) is 3.49. The molecule has 2 rings (SSSR count). The summed E-state index contributed by atoms with van der Waals surface area (Å²) in [7, 11) is 3.03. The Kier molecular flexibility index (Phi) is 7.21. The van der Waals surface area contributed by atoms with Gasteiger partial charge in [0.15, 0.2) is 5.11 Å². The van der Waals surface area contributed by atoms with Crippen LogP contribution in [0.5, 0.6) is 5.75 Å². The van der Waals surface area contributed by atoms with Crippen LogP contribution in [0.4, 0.5) is 5.00 Å². The van der Waals surface area contributed by atoms with Crippen molar-refractivity contribution in [3.05, 3.63) is 46.3 Å². The Hall–Kier alpha value is -2.12. The Morgan fingerprint density at radius 3 is 2.56 bits per heavy atom. The fraction of sp³-hybridized carbons (Fsp3) is 0.333. The van der Waals surface area contributed by atoms with Gasteiger partial charge in [0.05, 0.1) is 19.8 Å². The minimum absolute atomic E-state index is 0.362. The van der Waals surface area contributed by atoms with E-state index in [0.29, 0.717) is 22.2 Å². The lowest BCUT2D eigenvalue weighted by Gasteiger charge is -2.10. The Morgan fingerprint density at radius 1 is 1.24 bits per heavy atom. The standard InChI is InChI=1S/C18H22N2O3S2/c1-4-14-11-15(17(21)23-3)16(25-14)20-18(24)19-10-9-12-5-7-13(22-2)8-6-12/h5-8,11H,4,9-10H2,1-3H3,(H2,19,20,24). The number of nitrogens with one attached hydrogen (secondary N) is 2. The zero-order valence-corrected chi connectivity index (χ0v) is 16.2. The van der Waals surface area contributed by atoms with Crippen LogP contribution in [-0.4, -0.2) is 31.8 Å². The molecule has 25 heavy (non-hydrogen) atoms. The second kappa shape index (κ2) is 9.39. The van der Waals surface area contributed by atoms with Crippen LogP contribution < -0.4 is 15.4 Å². The molecule has 0 amide bonds. The van der Waals surface area contributed by atoms with Crippen LogP contribution in [0, 0.1) is 0 Å². The number of carbonyl (C=O) groups excluding carboxylic acids is 1. The second-order valence-corrected chi connectivity index (χ2v) is 6.82. The molecular formula is C18H22N2O3S2. The number of hydrogen-bond acceptors (Lipinski definition) is 5. The highest BCUT2D eigenvalue weighted by Crippen LogP contribution is 2.29. The number of methoxy groups -OCH3 is 2. The van der Waals surface area contributed by atoms with Crippen molar-refractivity contribution in [2.45, 2.75) is 19.8 Å². The molecule has 0 aliphatic carbocycles. The molecule has 1 aromatic heterocycles. The summed E-state index contributed by atoms with van der Waals surface area (Å²) in [5.41, 5.74) is 1.71. The molecule has 5 nitrogen and oxygen atoms in total. The van der Waals surface area contributed by atoms with E-state index in [4.69, 9.17) is 21.7 Å². The maximum absolute atomic E-state index is 11.9. The normalized spacial score (nSPS) is 10.2. The van der Waals surface area contributed by atoms with E-state index in [1.54, 1.807) is 7.11 Å². The van der Waals surface area contributed by atoms with E-state index < -0.39 is 0 Å². The van der Waals surface area contributed by atoms with Crippen molar-refractivity contribution in [3.8, 4) is 5.75 Å². The molecule has 134 valence electrons.